The monoisotopic (exact) mass is 547 g/mol. The molecule has 0 radical (unpaired) electrons. The Morgan fingerprint density at radius 1 is 1.15 bits per heavy atom. The van der Waals surface area contributed by atoms with Gasteiger partial charge in [-0.05, 0) is 67.9 Å². The zero-order valence-electron chi connectivity index (χ0n) is 22.0. The largest absolute Gasteiger partial charge is 0.496 e. The van der Waals surface area contributed by atoms with Crippen molar-refractivity contribution in [1.82, 2.24) is 14.8 Å². The van der Waals surface area contributed by atoms with Gasteiger partial charge in [0, 0.05) is 58.8 Å². The molecule has 2 amide bonds. The maximum Gasteiger partial charge on any atom is 0.404 e. The number of carboxylic acid groups (broad SMARTS) is 1. The van der Waals surface area contributed by atoms with E-state index in [0.29, 0.717) is 43.2 Å². The number of thiophene rings is 1. The zero-order valence-corrected chi connectivity index (χ0v) is 22.8. The van der Waals surface area contributed by atoms with Crippen molar-refractivity contribution >= 4 is 44.3 Å². The van der Waals surface area contributed by atoms with Gasteiger partial charge in [0.05, 0.1) is 17.7 Å². The number of aliphatic hydroxyl groups excluding tert-OH is 1. The van der Waals surface area contributed by atoms with E-state index >= 15 is 0 Å². The summed E-state index contributed by atoms with van der Waals surface area (Å²) in [5.74, 6) is 1.18. The van der Waals surface area contributed by atoms with Crippen molar-refractivity contribution in [2.75, 3.05) is 26.8 Å². The summed E-state index contributed by atoms with van der Waals surface area (Å²) in [7, 11) is 1.61. The van der Waals surface area contributed by atoms with Gasteiger partial charge >= 0.3 is 6.09 Å². The second-order valence-electron chi connectivity index (χ2n) is 10.6. The number of carbonyl (C=O) groups excluding carboxylic acids is 1. The number of ether oxygens (including phenoxy) is 1. The number of benzene rings is 2. The number of amides is 2. The molecule has 3 heterocycles. The number of nitrogens with zero attached hydrogens (tertiary/aromatic N) is 2. The fraction of sp³-hybridized carbons (Fsp3) is 0.400. The van der Waals surface area contributed by atoms with E-state index in [1.54, 1.807) is 29.4 Å². The number of aromatic nitrogens is 1. The second-order valence-corrected chi connectivity index (χ2v) is 11.7. The highest BCUT2D eigenvalue weighted by molar-refractivity contribution is 7.22. The molecule has 204 valence electrons. The van der Waals surface area contributed by atoms with Crippen LogP contribution in [-0.4, -0.2) is 64.5 Å². The second kappa shape index (κ2) is 10.5. The van der Waals surface area contributed by atoms with Crippen LogP contribution in [0, 0.1) is 5.92 Å². The van der Waals surface area contributed by atoms with E-state index in [0.717, 1.165) is 39.2 Å². The van der Waals surface area contributed by atoms with Crippen LogP contribution in [0.2, 0.25) is 0 Å². The van der Waals surface area contributed by atoms with Gasteiger partial charge in [0.2, 0.25) is 0 Å². The lowest BCUT2D eigenvalue weighted by atomic mass is 10.0. The Morgan fingerprint density at radius 3 is 2.72 bits per heavy atom. The van der Waals surface area contributed by atoms with E-state index < -0.39 is 6.09 Å². The number of aliphatic hydroxyl groups is 1. The molecule has 9 heteroatoms. The number of fused-ring (bicyclic) bond motifs is 2. The molecule has 2 aromatic carbocycles. The lowest BCUT2D eigenvalue weighted by molar-refractivity contribution is 0.0692. The number of methoxy groups -OCH3 is 1. The first-order chi connectivity index (χ1) is 19.0. The van der Waals surface area contributed by atoms with Gasteiger partial charge in [0.1, 0.15) is 5.75 Å². The van der Waals surface area contributed by atoms with Crippen molar-refractivity contribution < 1.29 is 24.5 Å². The van der Waals surface area contributed by atoms with Gasteiger partial charge in [-0.15, -0.1) is 11.3 Å². The predicted octanol–water partition coefficient (Wildman–Crippen LogP) is 5.35. The minimum atomic E-state index is -1.07. The van der Waals surface area contributed by atoms with Crippen LogP contribution >= 0.6 is 11.3 Å². The summed E-state index contributed by atoms with van der Waals surface area (Å²) in [4.78, 5) is 27.6. The number of piperidine rings is 1. The SMILES string of the molecule is COc1cc(C(=O)N2CCCC(NC(=O)O)C2)cc2sc(-c3cc4ccccc4n3CC3CC3)c(CCO)c12. The molecule has 2 aromatic heterocycles. The summed E-state index contributed by atoms with van der Waals surface area (Å²) < 4.78 is 9.20. The highest BCUT2D eigenvalue weighted by Crippen LogP contribution is 2.46. The smallest absolute Gasteiger partial charge is 0.404 e. The van der Waals surface area contributed by atoms with Crippen molar-refractivity contribution in [2.24, 2.45) is 5.92 Å². The fourth-order valence-electron chi connectivity index (χ4n) is 5.89. The first kappa shape index (κ1) is 25.7. The molecule has 0 bridgehead atoms. The van der Waals surface area contributed by atoms with Crippen molar-refractivity contribution in [3.05, 3.63) is 53.6 Å². The molecular weight excluding hydrogens is 514 g/mol. The number of hydrogen-bond donors (Lipinski definition) is 3. The van der Waals surface area contributed by atoms with E-state index in [1.807, 2.05) is 6.07 Å². The number of carbonyl (C=O) groups is 2. The van der Waals surface area contributed by atoms with Gasteiger partial charge in [-0.1, -0.05) is 18.2 Å². The Bertz CT molecular complexity index is 1550. The number of likely N-dealkylation sites (tertiary alicyclic amines) is 1. The van der Waals surface area contributed by atoms with Gasteiger partial charge in [-0.25, -0.2) is 4.79 Å². The highest BCUT2D eigenvalue weighted by atomic mass is 32.1. The molecule has 2 fully saturated rings. The van der Waals surface area contributed by atoms with Gasteiger partial charge in [0.15, 0.2) is 0 Å². The van der Waals surface area contributed by atoms with Crippen LogP contribution in [0.5, 0.6) is 5.75 Å². The third-order valence-corrected chi connectivity index (χ3v) is 9.10. The molecule has 3 N–H and O–H groups in total. The quantitative estimate of drug-likeness (QED) is 0.276. The normalized spacial score (nSPS) is 17.6. The maximum absolute atomic E-state index is 13.6. The molecule has 2 aliphatic rings. The molecule has 1 aliphatic carbocycles. The van der Waals surface area contributed by atoms with Gasteiger partial charge in [0.25, 0.3) is 5.91 Å². The topological polar surface area (TPSA) is 104 Å². The standard InChI is InChI=1S/C30H33N3O5S/c1-38-25-14-20(29(35)32-11-4-6-21(17-32)31-30(36)37)15-26-27(25)22(10-12-34)28(39-26)24-13-19-5-2-3-7-23(19)33(24)16-18-8-9-18/h2-3,5,7,13-15,18,21,31,34H,4,6,8-12,16-17H2,1H3,(H,36,37). The molecule has 8 nitrogen and oxygen atoms in total. The van der Waals surface area contributed by atoms with Crippen LogP contribution in [0.4, 0.5) is 4.79 Å². The van der Waals surface area contributed by atoms with E-state index in [2.05, 4.69) is 40.2 Å². The van der Waals surface area contributed by atoms with Crippen LogP contribution in [0.15, 0.2) is 42.5 Å². The number of nitrogens with one attached hydrogen (secondary N) is 1. The lowest BCUT2D eigenvalue weighted by Gasteiger charge is -2.32. The third-order valence-electron chi connectivity index (χ3n) is 7.90. The molecule has 1 atom stereocenters. The van der Waals surface area contributed by atoms with Crippen LogP contribution in [0.25, 0.3) is 31.6 Å². The Balaban J connectivity index is 1.44. The highest BCUT2D eigenvalue weighted by Gasteiger charge is 2.29. The van der Waals surface area contributed by atoms with Crippen molar-refractivity contribution in [3.8, 4) is 16.3 Å². The average molecular weight is 548 g/mol. The average Bonchev–Trinajstić information content (AvgIpc) is 3.59. The summed E-state index contributed by atoms with van der Waals surface area (Å²) in [6, 6.07) is 14.1. The van der Waals surface area contributed by atoms with Crippen molar-refractivity contribution in [1.29, 1.82) is 0 Å². The van der Waals surface area contributed by atoms with Gasteiger partial charge in [-0.2, -0.15) is 0 Å². The van der Waals surface area contributed by atoms with Crippen LogP contribution in [-0.2, 0) is 13.0 Å². The zero-order chi connectivity index (χ0) is 27.1. The van der Waals surface area contributed by atoms with Gasteiger partial charge < -0.3 is 29.7 Å². The minimum Gasteiger partial charge on any atom is -0.496 e. The number of rotatable bonds is 8. The number of hydrogen-bond acceptors (Lipinski definition) is 5. The van der Waals surface area contributed by atoms with Gasteiger partial charge in [-0.3, -0.25) is 4.79 Å². The van der Waals surface area contributed by atoms with E-state index in [1.165, 1.54) is 23.7 Å². The van der Waals surface area contributed by atoms with E-state index in [4.69, 9.17) is 9.84 Å². The van der Waals surface area contributed by atoms with E-state index in [9.17, 15) is 14.7 Å². The Labute approximate surface area is 230 Å². The van der Waals surface area contributed by atoms with Crippen molar-refractivity contribution in [3.63, 3.8) is 0 Å². The fourth-order valence-corrected chi connectivity index (χ4v) is 7.22. The summed E-state index contributed by atoms with van der Waals surface area (Å²) in [5, 5.41) is 23.8. The van der Waals surface area contributed by atoms with Crippen LogP contribution < -0.4 is 10.1 Å². The summed E-state index contributed by atoms with van der Waals surface area (Å²) >= 11 is 1.64. The first-order valence-corrected chi connectivity index (χ1v) is 14.4. The van der Waals surface area contributed by atoms with Crippen molar-refractivity contribution in [2.45, 2.75) is 44.7 Å². The predicted molar refractivity (Wildman–Crippen MR) is 153 cm³/mol. The Hall–Kier alpha value is -3.56. The molecule has 4 aromatic rings. The lowest BCUT2D eigenvalue weighted by Crippen LogP contribution is -2.49. The molecule has 1 saturated heterocycles. The molecule has 1 saturated carbocycles. The molecule has 6 rings (SSSR count). The minimum absolute atomic E-state index is 0.0112. The van der Waals surface area contributed by atoms with Crippen LogP contribution in [0.3, 0.4) is 0 Å². The summed E-state index contributed by atoms with van der Waals surface area (Å²) in [5.41, 5.74) is 3.92. The molecule has 1 aliphatic heterocycles. The maximum atomic E-state index is 13.6. The Morgan fingerprint density at radius 2 is 1.97 bits per heavy atom. The van der Waals surface area contributed by atoms with E-state index in [-0.39, 0.29) is 18.6 Å². The Kier molecular flexibility index (Phi) is 6.95. The number of para-hydroxylation sites is 1. The first-order valence-electron chi connectivity index (χ1n) is 13.6. The van der Waals surface area contributed by atoms with Crippen LogP contribution in [0.1, 0.15) is 41.6 Å². The summed E-state index contributed by atoms with van der Waals surface area (Å²) in [6.07, 6.45) is 3.37. The third kappa shape index (κ3) is 4.96. The molecule has 1 unspecified atom stereocenters. The molecular formula is C30H33N3O5S. The molecule has 39 heavy (non-hydrogen) atoms. The summed E-state index contributed by atoms with van der Waals surface area (Å²) in [6.45, 7) is 1.91. The molecule has 0 spiro atoms.